The Morgan fingerprint density at radius 1 is 0.938 bits per heavy atom. The third-order valence-electron chi connectivity index (χ3n) is 5.36. The average molecular weight is 513 g/mol. The molecule has 32 heavy (non-hydrogen) atoms. The number of rotatable bonds is 3. The van der Waals surface area contributed by atoms with Crippen LogP contribution in [0.2, 0.25) is 5.02 Å². The lowest BCUT2D eigenvalue weighted by Gasteiger charge is -2.26. The van der Waals surface area contributed by atoms with Crippen molar-refractivity contribution in [3.8, 4) is 5.69 Å². The Bertz CT molecular complexity index is 1310. The lowest BCUT2D eigenvalue weighted by molar-refractivity contribution is -0.122. The summed E-state index contributed by atoms with van der Waals surface area (Å²) in [5.74, 6) is -1.39. The van der Waals surface area contributed by atoms with Crippen molar-refractivity contribution in [3.05, 3.63) is 86.1 Å². The third-order valence-corrected chi connectivity index (χ3v) is 6.50. The molecule has 0 saturated carbocycles. The van der Waals surface area contributed by atoms with E-state index in [1.807, 2.05) is 43.5 Å². The second kappa shape index (κ2) is 8.41. The summed E-state index contributed by atoms with van der Waals surface area (Å²) >= 11 is 9.41. The van der Waals surface area contributed by atoms with Crippen LogP contribution in [0.1, 0.15) is 22.5 Å². The molecule has 1 fully saturated rings. The largest absolute Gasteiger partial charge is 0.335 e. The normalized spacial score (nSPS) is 15.5. The van der Waals surface area contributed by atoms with Gasteiger partial charge in [-0.1, -0.05) is 27.5 Å². The molecule has 1 saturated heterocycles. The first-order chi connectivity index (χ1) is 15.2. The molecular formula is C24H19BrClN3O3. The molecule has 1 aliphatic rings. The van der Waals surface area contributed by atoms with Crippen molar-refractivity contribution in [3.63, 3.8) is 0 Å². The molecule has 1 aromatic heterocycles. The van der Waals surface area contributed by atoms with E-state index in [-0.39, 0.29) is 5.57 Å². The molecule has 3 aromatic rings. The minimum absolute atomic E-state index is 0.110. The Morgan fingerprint density at radius 2 is 1.59 bits per heavy atom. The highest BCUT2D eigenvalue weighted by molar-refractivity contribution is 9.10. The second-order valence-electron chi connectivity index (χ2n) is 7.53. The Labute approximate surface area is 198 Å². The zero-order valence-electron chi connectivity index (χ0n) is 17.6. The summed E-state index contributed by atoms with van der Waals surface area (Å²) in [6.45, 7) is 5.69. The van der Waals surface area contributed by atoms with Gasteiger partial charge in [0.2, 0.25) is 0 Å². The molecule has 4 rings (SSSR count). The van der Waals surface area contributed by atoms with Crippen LogP contribution in [-0.4, -0.2) is 22.4 Å². The summed E-state index contributed by atoms with van der Waals surface area (Å²) in [6.07, 6.45) is 1.53. The molecule has 2 heterocycles. The molecule has 0 aliphatic carbocycles. The number of carbonyl (C=O) groups excluding carboxylic acids is 3. The Morgan fingerprint density at radius 3 is 2.25 bits per heavy atom. The highest BCUT2D eigenvalue weighted by Gasteiger charge is 2.37. The third kappa shape index (κ3) is 3.89. The SMILES string of the molecule is Cc1cc(N2C(=O)NC(=O)/C(=C/c3cc(C)n(-c4ccc(Cl)cc4)c3C)C2=O)ccc1Br. The number of imide groups is 2. The van der Waals surface area contributed by atoms with Gasteiger partial charge >= 0.3 is 6.03 Å². The standard InChI is InChI=1S/C24H19BrClN3O3/c1-13-10-19(8-9-21(13)25)29-23(31)20(22(30)27-24(29)32)12-16-11-14(2)28(15(16)3)18-6-4-17(26)5-7-18/h4-12H,1-3H3,(H,27,30,32)/b20-12-. The maximum Gasteiger partial charge on any atom is 0.335 e. The first kappa shape index (κ1) is 22.0. The molecule has 0 bridgehead atoms. The quantitative estimate of drug-likeness (QED) is 0.373. The van der Waals surface area contributed by atoms with E-state index >= 15 is 0 Å². The summed E-state index contributed by atoms with van der Waals surface area (Å²) in [4.78, 5) is 39.2. The van der Waals surface area contributed by atoms with Gasteiger partial charge in [-0.15, -0.1) is 0 Å². The van der Waals surface area contributed by atoms with Gasteiger partial charge < -0.3 is 4.57 Å². The molecule has 6 nitrogen and oxygen atoms in total. The number of carbonyl (C=O) groups is 3. The number of benzene rings is 2. The Balaban J connectivity index is 1.76. The lowest BCUT2D eigenvalue weighted by atomic mass is 10.1. The number of barbiturate groups is 1. The van der Waals surface area contributed by atoms with Crippen LogP contribution in [0.25, 0.3) is 11.8 Å². The molecule has 0 radical (unpaired) electrons. The van der Waals surface area contributed by atoms with Crippen LogP contribution in [-0.2, 0) is 9.59 Å². The van der Waals surface area contributed by atoms with Crippen LogP contribution in [0.4, 0.5) is 10.5 Å². The van der Waals surface area contributed by atoms with Gasteiger partial charge in [-0.25, -0.2) is 9.69 Å². The van der Waals surface area contributed by atoms with E-state index < -0.39 is 17.8 Å². The van der Waals surface area contributed by atoms with Crippen molar-refractivity contribution in [2.45, 2.75) is 20.8 Å². The number of anilines is 1. The van der Waals surface area contributed by atoms with Crippen molar-refractivity contribution in [1.29, 1.82) is 0 Å². The fraction of sp³-hybridized carbons (Fsp3) is 0.125. The molecule has 0 spiro atoms. The average Bonchev–Trinajstić information content (AvgIpc) is 3.01. The predicted octanol–water partition coefficient (Wildman–Crippen LogP) is 5.48. The number of halogens is 2. The van der Waals surface area contributed by atoms with E-state index in [4.69, 9.17) is 11.6 Å². The van der Waals surface area contributed by atoms with Gasteiger partial charge in [-0.05, 0) is 86.5 Å². The highest BCUT2D eigenvalue weighted by atomic mass is 79.9. The zero-order chi connectivity index (χ0) is 23.2. The van der Waals surface area contributed by atoms with Gasteiger partial charge in [0, 0.05) is 26.6 Å². The summed E-state index contributed by atoms with van der Waals surface area (Å²) in [5, 5.41) is 2.90. The van der Waals surface area contributed by atoms with Crippen LogP contribution in [0.5, 0.6) is 0 Å². The van der Waals surface area contributed by atoms with E-state index in [9.17, 15) is 14.4 Å². The zero-order valence-corrected chi connectivity index (χ0v) is 19.9. The monoisotopic (exact) mass is 511 g/mol. The minimum Gasteiger partial charge on any atom is -0.318 e. The summed E-state index contributed by atoms with van der Waals surface area (Å²) < 4.78 is 2.86. The summed E-state index contributed by atoms with van der Waals surface area (Å²) in [6, 6.07) is 13.6. The molecule has 162 valence electrons. The van der Waals surface area contributed by atoms with Crippen LogP contribution in [0.15, 0.2) is 58.6 Å². The fourth-order valence-electron chi connectivity index (χ4n) is 3.74. The van der Waals surface area contributed by atoms with E-state index in [0.717, 1.165) is 32.0 Å². The van der Waals surface area contributed by atoms with Crippen molar-refractivity contribution in [2.75, 3.05) is 4.90 Å². The molecule has 0 atom stereocenters. The van der Waals surface area contributed by atoms with E-state index in [0.29, 0.717) is 16.3 Å². The molecule has 1 aliphatic heterocycles. The van der Waals surface area contributed by atoms with Gasteiger partial charge in [0.15, 0.2) is 0 Å². The Hall–Kier alpha value is -3.16. The maximum absolute atomic E-state index is 13.2. The minimum atomic E-state index is -0.773. The number of aromatic nitrogens is 1. The van der Waals surface area contributed by atoms with Crippen molar-refractivity contribution in [2.24, 2.45) is 0 Å². The van der Waals surface area contributed by atoms with Gasteiger partial charge in [0.25, 0.3) is 11.8 Å². The first-order valence-corrected chi connectivity index (χ1v) is 11.0. The van der Waals surface area contributed by atoms with Gasteiger partial charge in [-0.3, -0.25) is 14.9 Å². The first-order valence-electron chi connectivity index (χ1n) is 9.80. The van der Waals surface area contributed by atoms with E-state index in [1.165, 1.54) is 6.08 Å². The van der Waals surface area contributed by atoms with Crippen LogP contribution in [0, 0.1) is 20.8 Å². The summed E-state index contributed by atoms with van der Waals surface area (Å²) in [7, 11) is 0. The highest BCUT2D eigenvalue weighted by Crippen LogP contribution is 2.28. The van der Waals surface area contributed by atoms with Gasteiger partial charge in [0.1, 0.15) is 5.57 Å². The van der Waals surface area contributed by atoms with Crippen molar-refractivity contribution < 1.29 is 14.4 Å². The van der Waals surface area contributed by atoms with Crippen LogP contribution >= 0.6 is 27.5 Å². The maximum atomic E-state index is 13.2. The molecular weight excluding hydrogens is 494 g/mol. The number of urea groups is 1. The number of hydrogen-bond acceptors (Lipinski definition) is 3. The number of aryl methyl sites for hydroxylation is 2. The molecule has 2 aromatic carbocycles. The molecule has 1 N–H and O–H groups in total. The molecule has 0 unspecified atom stereocenters. The van der Waals surface area contributed by atoms with Gasteiger partial charge in [0.05, 0.1) is 5.69 Å². The summed E-state index contributed by atoms with van der Waals surface area (Å²) in [5.41, 5.74) is 4.53. The molecule has 8 heteroatoms. The number of nitrogens with zero attached hydrogens (tertiary/aromatic N) is 2. The van der Waals surface area contributed by atoms with Gasteiger partial charge in [-0.2, -0.15) is 0 Å². The van der Waals surface area contributed by atoms with Crippen LogP contribution < -0.4 is 10.2 Å². The smallest absolute Gasteiger partial charge is 0.318 e. The number of hydrogen-bond donors (Lipinski definition) is 1. The van der Waals surface area contributed by atoms with E-state index in [1.54, 1.807) is 30.3 Å². The second-order valence-corrected chi connectivity index (χ2v) is 8.82. The number of amides is 4. The van der Waals surface area contributed by atoms with Crippen LogP contribution in [0.3, 0.4) is 0 Å². The number of nitrogens with one attached hydrogen (secondary N) is 1. The Kier molecular flexibility index (Phi) is 5.79. The topological polar surface area (TPSA) is 71.4 Å². The van der Waals surface area contributed by atoms with Crippen molar-refractivity contribution in [1.82, 2.24) is 9.88 Å². The van der Waals surface area contributed by atoms with Crippen molar-refractivity contribution >= 4 is 57.1 Å². The predicted molar refractivity (Wildman–Crippen MR) is 128 cm³/mol. The fourth-order valence-corrected chi connectivity index (χ4v) is 4.11. The molecule has 4 amide bonds. The lowest BCUT2D eigenvalue weighted by Crippen LogP contribution is -2.54. The van der Waals surface area contributed by atoms with E-state index in [2.05, 4.69) is 21.2 Å².